The Morgan fingerprint density at radius 2 is 1.73 bits per heavy atom. The molecule has 0 amide bonds. The van der Waals surface area contributed by atoms with Gasteiger partial charge in [0.25, 0.3) is 0 Å². The predicted molar refractivity (Wildman–Crippen MR) is 155 cm³/mol. The molecule has 4 saturated heterocycles. The van der Waals surface area contributed by atoms with E-state index in [4.69, 9.17) is 23.4 Å². The molecule has 4 aliphatic heterocycles. The Balaban J connectivity index is 1.26. The van der Waals surface area contributed by atoms with Crippen LogP contribution >= 0.6 is 0 Å². The molecule has 9 nitrogen and oxygen atoms in total. The Hall–Kier alpha value is -2.23. The van der Waals surface area contributed by atoms with Gasteiger partial charge in [-0.05, 0) is 57.4 Å². The van der Waals surface area contributed by atoms with E-state index < -0.39 is 69.7 Å². The highest BCUT2D eigenvalue weighted by molar-refractivity contribution is 5.92. The highest BCUT2D eigenvalue weighted by Gasteiger charge is 2.92. The third kappa shape index (κ3) is 3.20. The maximum absolute atomic E-state index is 14.6. The number of Topliss-reactive ketones (excluding diaryl/α,β-unsaturated/α-hetero) is 1. The molecule has 44 heavy (non-hydrogen) atoms. The van der Waals surface area contributed by atoms with E-state index in [1.165, 1.54) is 19.3 Å². The zero-order chi connectivity index (χ0) is 31.0. The van der Waals surface area contributed by atoms with Crippen molar-refractivity contribution in [1.29, 1.82) is 0 Å². The van der Waals surface area contributed by atoms with Crippen molar-refractivity contribution in [1.82, 2.24) is 0 Å². The van der Waals surface area contributed by atoms with Gasteiger partial charge in [-0.15, -0.1) is 0 Å². The van der Waals surface area contributed by atoms with Crippen molar-refractivity contribution in [2.45, 2.75) is 128 Å². The maximum Gasteiger partial charge on any atom is 0.339 e. The number of epoxide rings is 1. The molecule has 7 aliphatic rings. The van der Waals surface area contributed by atoms with E-state index in [-0.39, 0.29) is 30.2 Å². The average Bonchev–Trinajstić information content (AvgIpc) is 3.55. The molecule has 240 valence electrons. The van der Waals surface area contributed by atoms with Crippen LogP contribution in [0.3, 0.4) is 0 Å². The quantitative estimate of drug-likeness (QED) is 0.262. The summed E-state index contributed by atoms with van der Waals surface area (Å²) >= 11 is 0. The molecule has 7 fully saturated rings. The summed E-state index contributed by atoms with van der Waals surface area (Å²) in [6, 6.07) is 1.92. The predicted octanol–water partition coefficient (Wildman–Crippen LogP) is 4.87. The summed E-state index contributed by atoms with van der Waals surface area (Å²) in [5.41, 5.74) is -3.85. The summed E-state index contributed by atoms with van der Waals surface area (Å²) in [5.74, 6) is -1.55. The van der Waals surface area contributed by atoms with Crippen LogP contribution in [0.4, 0.5) is 0 Å². The lowest BCUT2D eigenvalue weighted by molar-refractivity contribution is -0.266. The summed E-state index contributed by atoms with van der Waals surface area (Å²) < 4.78 is 31.6. The molecule has 2 bridgehead atoms. The monoisotopic (exact) mass is 610 g/mol. The number of hydrogen-bond acceptors (Lipinski definition) is 9. The lowest BCUT2D eigenvalue weighted by Crippen LogP contribution is -2.77. The van der Waals surface area contributed by atoms with Gasteiger partial charge in [0.05, 0.1) is 29.8 Å². The number of aryl methyl sites for hydroxylation is 1. The van der Waals surface area contributed by atoms with E-state index in [0.717, 1.165) is 37.0 Å². The Morgan fingerprint density at radius 1 is 0.955 bits per heavy atom. The molecular weight excluding hydrogens is 564 g/mol. The maximum atomic E-state index is 14.6. The zero-order valence-electron chi connectivity index (χ0n) is 26.6. The molecule has 12 atom stereocenters. The molecule has 3 saturated carbocycles. The van der Waals surface area contributed by atoms with Gasteiger partial charge in [-0.3, -0.25) is 9.59 Å². The number of aliphatic hydroxyl groups excluding tert-OH is 1. The van der Waals surface area contributed by atoms with Crippen LogP contribution < -0.4 is 0 Å². The van der Waals surface area contributed by atoms with Gasteiger partial charge >= 0.3 is 11.9 Å². The standard InChI is InChI=1S/C35H46O9/c1-6-7-8-9-10-11-21-19(14-15-40-21)26-32(4)16-18-12-13-20-27-34(17-41-29(20)38)23(18)33(5,35(32)28(44-35)30(39)42-26)25(37)22(36)24(34)31(2,3)43-27/h14-15,18,20,23-28,37H,6-13,16-17H2,1-5H3/t18-,20-,23-,24+,25+,26-,27-,28+,32-,33-,34+,35+/m0/s1. The van der Waals surface area contributed by atoms with Crippen molar-refractivity contribution in [3.63, 3.8) is 0 Å². The van der Waals surface area contributed by atoms with Crippen LogP contribution in [0.5, 0.6) is 0 Å². The van der Waals surface area contributed by atoms with Gasteiger partial charge < -0.3 is 28.5 Å². The number of cyclic esters (lactones) is 2. The second-order valence-electron chi connectivity index (χ2n) is 15.9. The third-order valence-corrected chi connectivity index (χ3v) is 13.5. The minimum atomic E-state index is -1.38. The molecule has 1 N–H and O–H groups in total. The number of furan rings is 1. The second kappa shape index (κ2) is 9.19. The first-order valence-corrected chi connectivity index (χ1v) is 16.9. The molecule has 3 aliphatic carbocycles. The van der Waals surface area contributed by atoms with Crippen molar-refractivity contribution >= 4 is 17.7 Å². The normalized spacial score (nSPS) is 49.3. The fraction of sp³-hybridized carbons (Fsp3) is 0.800. The van der Waals surface area contributed by atoms with E-state index in [9.17, 15) is 19.5 Å². The first-order chi connectivity index (χ1) is 20.9. The van der Waals surface area contributed by atoms with Gasteiger partial charge in [0.1, 0.15) is 30.2 Å². The molecule has 5 heterocycles. The highest BCUT2D eigenvalue weighted by atomic mass is 16.7. The lowest BCUT2D eigenvalue weighted by Gasteiger charge is -2.68. The van der Waals surface area contributed by atoms with Crippen LogP contribution in [-0.2, 0) is 39.8 Å². The molecule has 2 spiro atoms. The smallest absolute Gasteiger partial charge is 0.339 e. The second-order valence-corrected chi connectivity index (χ2v) is 15.9. The van der Waals surface area contributed by atoms with Crippen LogP contribution in [0.25, 0.3) is 0 Å². The lowest BCUT2D eigenvalue weighted by atomic mass is 9.34. The summed E-state index contributed by atoms with van der Waals surface area (Å²) in [5, 5.41) is 12.3. The van der Waals surface area contributed by atoms with Gasteiger partial charge in [0.15, 0.2) is 11.9 Å². The number of esters is 2. The van der Waals surface area contributed by atoms with Gasteiger partial charge in [-0.2, -0.15) is 0 Å². The van der Waals surface area contributed by atoms with E-state index in [1.54, 1.807) is 6.26 Å². The molecule has 1 aromatic heterocycles. The number of hydrogen-bond donors (Lipinski definition) is 1. The van der Waals surface area contributed by atoms with Crippen LogP contribution in [0.15, 0.2) is 16.7 Å². The Labute approximate surface area is 258 Å². The Morgan fingerprint density at radius 3 is 2.50 bits per heavy atom. The number of carbonyl (C=O) groups is 3. The van der Waals surface area contributed by atoms with Crippen molar-refractivity contribution in [2.75, 3.05) is 6.61 Å². The fourth-order valence-electron chi connectivity index (χ4n) is 12.2. The van der Waals surface area contributed by atoms with E-state index >= 15 is 0 Å². The number of ether oxygens (including phenoxy) is 4. The number of unbranched alkanes of at least 4 members (excludes halogenated alkanes) is 4. The number of carbonyl (C=O) groups excluding carboxylic acids is 3. The van der Waals surface area contributed by atoms with Gasteiger partial charge in [0.2, 0.25) is 0 Å². The molecule has 0 unspecified atom stereocenters. The minimum Gasteiger partial charge on any atom is -0.469 e. The zero-order valence-corrected chi connectivity index (χ0v) is 26.6. The third-order valence-electron chi connectivity index (χ3n) is 13.5. The first kappa shape index (κ1) is 29.2. The Bertz CT molecular complexity index is 1410. The fourth-order valence-corrected chi connectivity index (χ4v) is 12.2. The van der Waals surface area contributed by atoms with Crippen LogP contribution in [-0.4, -0.2) is 58.9 Å². The van der Waals surface area contributed by atoms with Crippen LogP contribution in [0, 0.1) is 39.9 Å². The van der Waals surface area contributed by atoms with Crippen LogP contribution in [0.1, 0.15) is 103 Å². The largest absolute Gasteiger partial charge is 0.469 e. The summed E-state index contributed by atoms with van der Waals surface area (Å²) in [6.45, 7) is 10.2. The molecule has 1 aromatic rings. The molecule has 0 aromatic carbocycles. The summed E-state index contributed by atoms with van der Waals surface area (Å²) in [4.78, 5) is 41.6. The topological polar surface area (TPSA) is 125 Å². The molecule has 9 heteroatoms. The van der Waals surface area contributed by atoms with E-state index in [0.29, 0.717) is 12.8 Å². The molecule has 0 radical (unpaired) electrons. The number of rotatable bonds is 7. The number of ketones is 1. The first-order valence-electron chi connectivity index (χ1n) is 16.9. The molecule has 8 rings (SSSR count). The molecular formula is C35H46O9. The summed E-state index contributed by atoms with van der Waals surface area (Å²) in [7, 11) is 0. The van der Waals surface area contributed by atoms with Gasteiger partial charge in [-0.1, -0.05) is 46.5 Å². The van der Waals surface area contributed by atoms with E-state index in [1.807, 2.05) is 26.8 Å². The number of aliphatic hydroxyl groups is 1. The van der Waals surface area contributed by atoms with Crippen molar-refractivity contribution < 1.29 is 42.9 Å². The Kier molecular flexibility index (Phi) is 6.10. The van der Waals surface area contributed by atoms with E-state index in [2.05, 4.69) is 13.8 Å². The van der Waals surface area contributed by atoms with Crippen molar-refractivity contribution in [2.24, 2.45) is 39.9 Å². The van der Waals surface area contributed by atoms with Crippen molar-refractivity contribution in [3.05, 3.63) is 23.7 Å². The van der Waals surface area contributed by atoms with Crippen LogP contribution in [0.2, 0.25) is 0 Å². The highest BCUT2D eigenvalue weighted by Crippen LogP contribution is 2.82. The average molecular weight is 611 g/mol. The SMILES string of the molecule is CCCCCCCc1occc1[C@@H]1OC(=O)[C@H]2O[C@]23[C@]2(C)[C@H](O)C(=O)[C@@H]4C(C)(C)O[C@H]5[C@@H]6CC[C@@H](C[C@@]13C)[C@@H]2[C@]45COC6=O. The summed E-state index contributed by atoms with van der Waals surface area (Å²) in [6.07, 6.45) is 6.63. The van der Waals surface area contributed by atoms with Gasteiger partial charge in [-0.25, -0.2) is 4.79 Å². The van der Waals surface area contributed by atoms with Gasteiger partial charge in [0, 0.05) is 28.2 Å². The van der Waals surface area contributed by atoms with Crippen molar-refractivity contribution in [3.8, 4) is 0 Å². The minimum absolute atomic E-state index is 0.0221.